The first kappa shape index (κ1) is 35.4. The van der Waals surface area contributed by atoms with Gasteiger partial charge in [-0.1, -0.05) is 30.3 Å². The molecule has 268 valence electrons. The number of aromatic nitrogens is 4. The van der Waals surface area contributed by atoms with E-state index in [4.69, 9.17) is 24.1 Å². The molecule has 1 fully saturated rings. The van der Waals surface area contributed by atoms with Crippen LogP contribution in [-0.4, -0.2) is 93.8 Å². The van der Waals surface area contributed by atoms with E-state index >= 15 is 0 Å². The van der Waals surface area contributed by atoms with Crippen LogP contribution in [0, 0.1) is 12.8 Å². The quantitative estimate of drug-likeness (QED) is 0.192. The topological polar surface area (TPSA) is 142 Å². The summed E-state index contributed by atoms with van der Waals surface area (Å²) < 4.78 is 29.0. The maximum absolute atomic E-state index is 14.3. The van der Waals surface area contributed by atoms with Gasteiger partial charge in [-0.2, -0.15) is 0 Å². The number of aliphatic hydroxyl groups is 1. The van der Waals surface area contributed by atoms with Crippen molar-refractivity contribution < 1.29 is 28.8 Å². The molecule has 2 aliphatic rings. The van der Waals surface area contributed by atoms with Crippen LogP contribution < -0.4 is 11.2 Å². The Balaban J connectivity index is 1.28. The number of carbonyl (C=O) groups excluding carboxylic acids is 1. The number of aliphatic hydroxyl groups excluding tert-OH is 1. The highest BCUT2D eigenvalue weighted by Gasteiger charge is 2.42. The van der Waals surface area contributed by atoms with Gasteiger partial charge in [0.05, 0.1) is 43.1 Å². The zero-order valence-electron chi connectivity index (χ0n) is 29.0. The molecule has 0 bridgehead atoms. The number of hydrogen-bond acceptors (Lipinski definition) is 8. The molecule has 0 saturated carbocycles. The van der Waals surface area contributed by atoms with Crippen molar-refractivity contribution in [1.29, 1.82) is 0 Å². The highest BCUT2D eigenvalue weighted by Crippen LogP contribution is 2.40. The summed E-state index contributed by atoms with van der Waals surface area (Å²) >= 11 is 0. The number of H-pyrrole nitrogens is 1. The second-order valence-electron chi connectivity index (χ2n) is 12.7. The van der Waals surface area contributed by atoms with Crippen LogP contribution >= 0.6 is 0 Å². The number of hydrogen-bond donors (Lipinski definition) is 2. The van der Waals surface area contributed by atoms with Crippen LogP contribution in [0.4, 0.5) is 0 Å². The summed E-state index contributed by atoms with van der Waals surface area (Å²) in [7, 11) is 1.86. The van der Waals surface area contributed by atoms with Crippen molar-refractivity contribution in [2.24, 2.45) is 13.0 Å². The first-order chi connectivity index (χ1) is 24.3. The molecular weight excluding hydrogens is 642 g/mol. The molecule has 0 aliphatic carbocycles. The van der Waals surface area contributed by atoms with Crippen LogP contribution in [-0.2, 0) is 30.8 Å². The minimum Gasteiger partial charge on any atom is -0.459 e. The number of allylic oxidation sites excluding steroid dienone is 1. The van der Waals surface area contributed by atoms with Crippen LogP contribution in [0.1, 0.15) is 49.4 Å². The lowest BCUT2D eigenvalue weighted by Crippen LogP contribution is -2.44. The van der Waals surface area contributed by atoms with Crippen molar-refractivity contribution in [3.8, 4) is 5.69 Å². The molecule has 2 aromatic carbocycles. The highest BCUT2D eigenvalue weighted by molar-refractivity contribution is 5.92. The summed E-state index contributed by atoms with van der Waals surface area (Å²) in [5, 5.41) is 8.97. The molecule has 2 aliphatic heterocycles. The second kappa shape index (κ2) is 16.1. The van der Waals surface area contributed by atoms with Gasteiger partial charge in [-0.15, -0.1) is 0 Å². The second-order valence-corrected chi connectivity index (χ2v) is 12.7. The highest BCUT2D eigenvalue weighted by atomic mass is 16.7. The van der Waals surface area contributed by atoms with Gasteiger partial charge in [-0.25, -0.2) is 9.48 Å². The fraction of sp³-hybridized carbons (Fsp3) is 0.486. The van der Waals surface area contributed by atoms with Gasteiger partial charge in [0.1, 0.15) is 0 Å². The van der Waals surface area contributed by atoms with E-state index in [0.29, 0.717) is 64.3 Å². The summed E-state index contributed by atoms with van der Waals surface area (Å²) in [6.45, 7) is 6.28. The molecule has 1 amide bonds. The number of rotatable bonds is 14. The van der Waals surface area contributed by atoms with Gasteiger partial charge in [0.15, 0.2) is 5.76 Å². The van der Waals surface area contributed by atoms with Crippen LogP contribution in [0.25, 0.3) is 16.7 Å². The van der Waals surface area contributed by atoms with Crippen molar-refractivity contribution in [1.82, 2.24) is 23.8 Å². The number of ether oxygens (including phenoxy) is 4. The number of carbonyl (C=O) groups is 1. The molecule has 3 atom stereocenters. The molecule has 13 nitrogen and oxygen atoms in total. The summed E-state index contributed by atoms with van der Waals surface area (Å²) in [6, 6.07) is 17.1. The minimum atomic E-state index is -0.797. The van der Waals surface area contributed by atoms with Crippen molar-refractivity contribution in [2.75, 3.05) is 52.7 Å². The fourth-order valence-corrected chi connectivity index (χ4v) is 7.26. The third-order valence-electron chi connectivity index (χ3n) is 9.80. The van der Waals surface area contributed by atoms with Crippen LogP contribution in [0.5, 0.6) is 0 Å². The summed E-state index contributed by atoms with van der Waals surface area (Å²) in [5.74, 6) is -0.946. The first-order valence-electron chi connectivity index (χ1n) is 17.4. The number of benzene rings is 2. The number of piperidine rings is 1. The summed E-state index contributed by atoms with van der Waals surface area (Å²) in [4.78, 5) is 46.0. The van der Waals surface area contributed by atoms with Crippen molar-refractivity contribution >= 4 is 16.9 Å². The standard InChI is InChI=1S/C37H47N5O8/c1-4-49-36-28(16-20-47-22-23-48-21-19-43)29(33-25(2)39(3)42(35(33)45)27-10-6-5-7-11-27)24-32(50-36)34(44)40-17-14-26(15-18-40)41-31-13-9-8-12-30(31)38-37(41)46/h5-13,24,26,28-29,36,43H,4,14-23H2,1-3H3,(H,38,46)/t28-,29+,36-/m0/s1. The Kier molecular flexibility index (Phi) is 11.4. The number of aromatic amines is 1. The molecular formula is C37H47N5O8. The molecule has 1 saturated heterocycles. The number of fused-ring (bicyclic) bond motifs is 1. The Morgan fingerprint density at radius 2 is 1.68 bits per heavy atom. The number of imidazole rings is 1. The van der Waals surface area contributed by atoms with E-state index in [2.05, 4.69) is 4.98 Å². The van der Waals surface area contributed by atoms with E-state index < -0.39 is 12.2 Å². The molecule has 4 heterocycles. The molecule has 6 rings (SSSR count). The number of para-hydroxylation sites is 3. The number of nitrogens with one attached hydrogen (secondary N) is 1. The smallest absolute Gasteiger partial charge is 0.326 e. The third kappa shape index (κ3) is 7.22. The third-order valence-corrected chi connectivity index (χ3v) is 9.80. The largest absolute Gasteiger partial charge is 0.459 e. The predicted octanol–water partition coefficient (Wildman–Crippen LogP) is 3.38. The fourth-order valence-electron chi connectivity index (χ4n) is 7.26. The van der Waals surface area contributed by atoms with Gasteiger partial charge >= 0.3 is 5.69 Å². The van der Waals surface area contributed by atoms with Gasteiger partial charge in [0, 0.05) is 62.5 Å². The number of likely N-dealkylation sites (tertiary alicyclic amines) is 1. The van der Waals surface area contributed by atoms with Crippen molar-refractivity contribution in [2.45, 2.75) is 51.4 Å². The Morgan fingerprint density at radius 1 is 0.980 bits per heavy atom. The normalized spacial score (nSPS) is 19.9. The summed E-state index contributed by atoms with van der Waals surface area (Å²) in [6.07, 6.45) is 2.72. The summed E-state index contributed by atoms with van der Waals surface area (Å²) in [5.41, 5.74) is 3.42. The predicted molar refractivity (Wildman–Crippen MR) is 187 cm³/mol. The Bertz CT molecular complexity index is 1900. The molecule has 0 unspecified atom stereocenters. The van der Waals surface area contributed by atoms with Gasteiger partial charge in [0.2, 0.25) is 6.29 Å². The number of amides is 1. The molecule has 50 heavy (non-hydrogen) atoms. The molecule has 0 radical (unpaired) electrons. The Labute approximate surface area is 290 Å². The Morgan fingerprint density at radius 3 is 2.40 bits per heavy atom. The van der Waals surface area contributed by atoms with Crippen LogP contribution in [0.3, 0.4) is 0 Å². The van der Waals surface area contributed by atoms with E-state index in [1.54, 1.807) is 20.2 Å². The molecule has 13 heteroatoms. The SMILES string of the molecule is CCO[C@H]1OC(C(=O)N2CCC(n3c(=O)[nH]c4ccccc43)CC2)=C[C@@H](c2c(C)n(C)n(-c3ccccc3)c2=O)[C@@H]1CCOCCOCCO. The number of nitrogens with zero attached hydrogens (tertiary/aromatic N) is 4. The van der Waals surface area contributed by atoms with Crippen molar-refractivity contribution in [3.05, 3.63) is 98.5 Å². The minimum absolute atomic E-state index is 0.0466. The molecule has 2 N–H and O–H groups in total. The van der Waals surface area contributed by atoms with Gasteiger partial charge in [-0.05, 0) is 63.5 Å². The van der Waals surface area contributed by atoms with Crippen LogP contribution in [0.15, 0.2) is 76.0 Å². The maximum atomic E-state index is 14.3. The first-order valence-corrected chi connectivity index (χ1v) is 17.4. The van der Waals surface area contributed by atoms with E-state index in [9.17, 15) is 14.4 Å². The Hall–Kier alpha value is -4.43. The molecule has 2 aromatic heterocycles. The molecule has 0 spiro atoms. The van der Waals surface area contributed by atoms with E-state index in [0.717, 1.165) is 22.4 Å². The molecule has 4 aromatic rings. The monoisotopic (exact) mass is 689 g/mol. The van der Waals surface area contributed by atoms with Gasteiger partial charge in [0.25, 0.3) is 11.5 Å². The average molecular weight is 690 g/mol. The average Bonchev–Trinajstić information content (AvgIpc) is 3.58. The van der Waals surface area contributed by atoms with Gasteiger partial charge < -0.3 is 33.9 Å². The van der Waals surface area contributed by atoms with E-state index in [-0.39, 0.29) is 48.1 Å². The zero-order chi connectivity index (χ0) is 35.2. The van der Waals surface area contributed by atoms with E-state index in [1.165, 1.54) is 0 Å². The van der Waals surface area contributed by atoms with E-state index in [1.807, 2.05) is 80.2 Å². The van der Waals surface area contributed by atoms with Crippen LogP contribution in [0.2, 0.25) is 0 Å². The lowest BCUT2D eigenvalue weighted by atomic mass is 9.81. The zero-order valence-corrected chi connectivity index (χ0v) is 29.0. The maximum Gasteiger partial charge on any atom is 0.326 e. The lowest BCUT2D eigenvalue weighted by molar-refractivity contribution is -0.172. The lowest BCUT2D eigenvalue weighted by Gasteiger charge is -2.38. The van der Waals surface area contributed by atoms with Crippen molar-refractivity contribution in [3.63, 3.8) is 0 Å². The van der Waals surface area contributed by atoms with Gasteiger partial charge in [-0.3, -0.25) is 18.8 Å².